The zero-order valence-electron chi connectivity index (χ0n) is 21.9. The third-order valence-corrected chi connectivity index (χ3v) is 7.71. The van der Waals surface area contributed by atoms with Crippen molar-refractivity contribution < 1.29 is 8.42 Å². The van der Waals surface area contributed by atoms with Crippen LogP contribution >= 0.6 is 12.2 Å². The molecule has 1 aliphatic heterocycles. The molecule has 0 amide bonds. The molecule has 1 fully saturated rings. The number of hydrogen-bond donors (Lipinski definition) is 2. The minimum absolute atomic E-state index is 0.197. The van der Waals surface area contributed by atoms with Crippen LogP contribution in [0.1, 0.15) is 45.9 Å². The lowest BCUT2D eigenvalue weighted by Crippen LogP contribution is -2.29. The van der Waals surface area contributed by atoms with E-state index in [1.807, 2.05) is 49.5 Å². The van der Waals surface area contributed by atoms with Crippen LogP contribution in [0.4, 0.5) is 11.4 Å². The summed E-state index contributed by atoms with van der Waals surface area (Å²) in [4.78, 5) is 11.4. The van der Waals surface area contributed by atoms with Gasteiger partial charge in [0, 0.05) is 29.5 Å². The van der Waals surface area contributed by atoms with Gasteiger partial charge in [0.25, 0.3) is 0 Å². The summed E-state index contributed by atoms with van der Waals surface area (Å²) < 4.78 is 28.4. The average molecular weight is 547 g/mol. The normalized spacial score (nSPS) is 17.5. The molecule has 2 atom stereocenters. The zero-order chi connectivity index (χ0) is 27.2. The van der Waals surface area contributed by atoms with E-state index in [4.69, 9.17) is 12.2 Å². The molecule has 0 radical (unpaired) electrons. The highest BCUT2D eigenvalue weighted by Crippen LogP contribution is 2.44. The molecule has 38 heavy (non-hydrogen) atoms. The van der Waals surface area contributed by atoms with Crippen molar-refractivity contribution in [3.63, 3.8) is 0 Å². The summed E-state index contributed by atoms with van der Waals surface area (Å²) in [7, 11) is -3.40. The van der Waals surface area contributed by atoms with E-state index in [-0.39, 0.29) is 12.1 Å². The van der Waals surface area contributed by atoms with Gasteiger partial charge in [0.15, 0.2) is 5.11 Å². The second-order valence-corrected chi connectivity index (χ2v) is 11.9. The monoisotopic (exact) mass is 546 g/mol. The highest BCUT2D eigenvalue weighted by atomic mass is 32.2. The first-order valence-electron chi connectivity index (χ1n) is 12.2. The summed E-state index contributed by atoms with van der Waals surface area (Å²) in [6.45, 7) is 8.12. The number of thiocarbonyl (C=S) groups is 1. The number of benzene rings is 1. The molecule has 1 aromatic carbocycles. The van der Waals surface area contributed by atoms with Gasteiger partial charge in [-0.2, -0.15) is 0 Å². The van der Waals surface area contributed by atoms with Crippen LogP contribution < -0.4 is 14.9 Å². The Labute approximate surface area is 228 Å². The Morgan fingerprint density at radius 2 is 1.76 bits per heavy atom. The predicted octanol–water partition coefficient (Wildman–Crippen LogP) is 5.05. The lowest BCUT2D eigenvalue weighted by Gasteiger charge is -2.28. The molecule has 0 aliphatic carbocycles. The van der Waals surface area contributed by atoms with E-state index in [1.54, 1.807) is 12.3 Å². The lowest BCUT2D eigenvalue weighted by molar-refractivity contribution is 0.565. The molecule has 4 heterocycles. The largest absolute Gasteiger partial charge is 0.351 e. The number of sulfonamides is 1. The van der Waals surface area contributed by atoms with Gasteiger partial charge < -0.3 is 14.8 Å². The maximum absolute atomic E-state index is 11.8. The smallest absolute Gasteiger partial charge is 0.229 e. The standard InChI is InChI=1S/C28H30N6O2S2/c1-17-11-13-30-25(14-17)33-19(3)16-22(20(33)4)27-26(24-8-6-7-12-29-24)31-28(37)34(27)21-9-10-23(18(2)15-21)32-38(5,35)36/h6-16,26-27,32H,1-5H3,(H,31,37). The summed E-state index contributed by atoms with van der Waals surface area (Å²) in [5, 5.41) is 4.08. The van der Waals surface area contributed by atoms with Gasteiger partial charge in [-0.25, -0.2) is 13.4 Å². The quantitative estimate of drug-likeness (QED) is 0.327. The molecule has 0 spiro atoms. The first kappa shape index (κ1) is 25.9. The van der Waals surface area contributed by atoms with Gasteiger partial charge in [0.2, 0.25) is 10.0 Å². The number of pyridine rings is 2. The fourth-order valence-electron chi connectivity index (χ4n) is 5.14. The van der Waals surface area contributed by atoms with Crippen LogP contribution in [-0.2, 0) is 10.0 Å². The maximum Gasteiger partial charge on any atom is 0.229 e. The van der Waals surface area contributed by atoms with Crippen molar-refractivity contribution in [2.24, 2.45) is 0 Å². The van der Waals surface area contributed by atoms with E-state index < -0.39 is 10.0 Å². The van der Waals surface area contributed by atoms with Crippen LogP contribution in [0.2, 0.25) is 0 Å². The third kappa shape index (κ3) is 4.89. The fraction of sp³-hybridized carbons (Fsp3) is 0.250. The highest BCUT2D eigenvalue weighted by molar-refractivity contribution is 7.92. The predicted molar refractivity (Wildman–Crippen MR) is 155 cm³/mol. The number of nitrogens with zero attached hydrogens (tertiary/aromatic N) is 4. The molecule has 8 nitrogen and oxygen atoms in total. The number of nitrogens with one attached hydrogen (secondary N) is 2. The number of aryl methyl sites for hydroxylation is 3. The Balaban J connectivity index is 1.65. The van der Waals surface area contributed by atoms with Gasteiger partial charge in [0.1, 0.15) is 5.82 Å². The minimum atomic E-state index is -3.40. The molecule has 0 bridgehead atoms. The molecule has 4 aromatic rings. The van der Waals surface area contributed by atoms with Crippen LogP contribution in [0, 0.1) is 27.7 Å². The number of rotatable bonds is 6. The summed E-state index contributed by atoms with van der Waals surface area (Å²) >= 11 is 5.89. The highest BCUT2D eigenvalue weighted by Gasteiger charge is 2.42. The SMILES string of the molecule is Cc1ccnc(-n2c(C)cc(C3C(c4ccccn4)NC(=S)N3c3ccc(NS(C)(=O)=O)c(C)c3)c2C)c1. The van der Waals surface area contributed by atoms with Crippen molar-refractivity contribution in [1.82, 2.24) is 19.9 Å². The Morgan fingerprint density at radius 3 is 2.42 bits per heavy atom. The van der Waals surface area contributed by atoms with E-state index >= 15 is 0 Å². The van der Waals surface area contributed by atoms with Crippen molar-refractivity contribution >= 4 is 38.7 Å². The van der Waals surface area contributed by atoms with Crippen LogP contribution in [0.5, 0.6) is 0 Å². The van der Waals surface area contributed by atoms with Crippen LogP contribution in [0.15, 0.2) is 67.0 Å². The summed E-state index contributed by atoms with van der Waals surface area (Å²) in [6.07, 6.45) is 4.76. The molecule has 1 saturated heterocycles. The fourth-order valence-corrected chi connectivity index (χ4v) is 6.12. The van der Waals surface area contributed by atoms with Crippen molar-refractivity contribution in [2.45, 2.75) is 39.8 Å². The third-order valence-electron chi connectivity index (χ3n) is 6.80. The first-order chi connectivity index (χ1) is 18.0. The van der Waals surface area contributed by atoms with E-state index in [0.717, 1.165) is 51.5 Å². The van der Waals surface area contributed by atoms with Gasteiger partial charge in [-0.05, 0) is 105 Å². The Kier molecular flexibility index (Phi) is 6.70. The van der Waals surface area contributed by atoms with E-state index in [9.17, 15) is 8.42 Å². The molecule has 196 valence electrons. The Bertz CT molecular complexity index is 1630. The minimum Gasteiger partial charge on any atom is -0.351 e. The molecule has 3 aromatic heterocycles. The van der Waals surface area contributed by atoms with Crippen molar-refractivity contribution in [3.8, 4) is 5.82 Å². The molecular weight excluding hydrogens is 516 g/mol. The maximum atomic E-state index is 11.8. The number of hydrogen-bond acceptors (Lipinski definition) is 5. The van der Waals surface area contributed by atoms with Gasteiger partial charge in [-0.1, -0.05) is 6.07 Å². The molecule has 10 heteroatoms. The Morgan fingerprint density at radius 1 is 0.974 bits per heavy atom. The van der Waals surface area contributed by atoms with Crippen LogP contribution in [0.3, 0.4) is 0 Å². The molecule has 0 saturated carbocycles. The first-order valence-corrected chi connectivity index (χ1v) is 14.5. The summed E-state index contributed by atoms with van der Waals surface area (Å²) in [6, 6.07) is 17.4. The van der Waals surface area contributed by atoms with Crippen LogP contribution in [0.25, 0.3) is 5.82 Å². The average Bonchev–Trinajstić information content (AvgIpc) is 3.35. The van der Waals surface area contributed by atoms with Crippen molar-refractivity contribution in [1.29, 1.82) is 0 Å². The lowest BCUT2D eigenvalue weighted by atomic mass is 9.96. The molecule has 5 rings (SSSR count). The van der Waals surface area contributed by atoms with Gasteiger partial charge in [0.05, 0.1) is 29.7 Å². The van der Waals surface area contributed by atoms with E-state index in [2.05, 4.69) is 62.4 Å². The summed E-state index contributed by atoms with van der Waals surface area (Å²) in [5.41, 5.74) is 7.45. The second-order valence-electron chi connectivity index (χ2n) is 9.72. The molecule has 2 unspecified atom stereocenters. The van der Waals surface area contributed by atoms with Crippen molar-refractivity contribution in [2.75, 3.05) is 15.9 Å². The number of anilines is 2. The molecular formula is C28H30N6O2S2. The zero-order valence-corrected chi connectivity index (χ0v) is 23.6. The summed E-state index contributed by atoms with van der Waals surface area (Å²) in [5.74, 6) is 0.868. The van der Waals surface area contributed by atoms with Gasteiger partial charge in [-0.3, -0.25) is 9.71 Å². The second kappa shape index (κ2) is 9.85. The van der Waals surface area contributed by atoms with Gasteiger partial charge in [-0.15, -0.1) is 0 Å². The number of aromatic nitrogens is 3. The van der Waals surface area contributed by atoms with Gasteiger partial charge >= 0.3 is 0 Å². The molecule has 1 aliphatic rings. The Hall–Kier alpha value is -3.76. The topological polar surface area (TPSA) is 92.2 Å². The van der Waals surface area contributed by atoms with Crippen LogP contribution in [-0.4, -0.2) is 34.3 Å². The van der Waals surface area contributed by atoms with E-state index in [1.165, 1.54) is 0 Å². The van der Waals surface area contributed by atoms with Crippen molar-refractivity contribution in [3.05, 3.63) is 101 Å². The van der Waals surface area contributed by atoms with E-state index in [0.29, 0.717) is 10.8 Å². The molecule has 2 N–H and O–H groups in total.